The first-order valence-electron chi connectivity index (χ1n) is 7.93. The lowest BCUT2D eigenvalue weighted by molar-refractivity contribution is -0.139. The van der Waals surface area contributed by atoms with Gasteiger partial charge < -0.3 is 14.6 Å². The van der Waals surface area contributed by atoms with Gasteiger partial charge >= 0.3 is 6.18 Å². The normalized spacial score (nSPS) is 18.7. The van der Waals surface area contributed by atoms with Gasteiger partial charge in [-0.3, -0.25) is 0 Å². The molecule has 0 bridgehead atoms. The van der Waals surface area contributed by atoms with Crippen molar-refractivity contribution >= 4 is 28.5 Å². The van der Waals surface area contributed by atoms with E-state index in [1.165, 1.54) is 11.6 Å². The van der Waals surface area contributed by atoms with E-state index in [1.54, 1.807) is 0 Å². The maximum atomic E-state index is 14.3. The third kappa shape index (κ3) is 2.82. The van der Waals surface area contributed by atoms with Crippen molar-refractivity contribution in [3.05, 3.63) is 29.0 Å². The van der Waals surface area contributed by atoms with Gasteiger partial charge in [-0.05, 0) is 6.92 Å². The zero-order valence-corrected chi connectivity index (χ0v) is 14.4. The zero-order chi connectivity index (χ0) is 18.5. The summed E-state index contributed by atoms with van der Waals surface area (Å²) in [5, 5.41) is 4.78. The van der Waals surface area contributed by atoms with Gasteiger partial charge in [-0.25, -0.2) is 9.37 Å². The summed E-state index contributed by atoms with van der Waals surface area (Å²) < 4.78 is 60.6. The number of hydrogen-bond donors (Lipinski definition) is 1. The van der Waals surface area contributed by atoms with Gasteiger partial charge in [0.2, 0.25) is 0 Å². The van der Waals surface area contributed by atoms with Crippen molar-refractivity contribution in [3.63, 3.8) is 0 Å². The van der Waals surface area contributed by atoms with Gasteiger partial charge in [0.25, 0.3) is 6.01 Å². The molecule has 1 saturated heterocycles. The largest absolute Gasteiger partial charge is 0.423 e. The van der Waals surface area contributed by atoms with Crippen LogP contribution < -0.4 is 10.2 Å². The van der Waals surface area contributed by atoms with Gasteiger partial charge in [0.1, 0.15) is 21.9 Å². The second-order valence-electron chi connectivity index (χ2n) is 6.03. The molecular weight excluding hydrogens is 372 g/mol. The molecule has 4 rings (SSSR count). The van der Waals surface area contributed by atoms with Crippen molar-refractivity contribution in [2.75, 3.05) is 24.5 Å². The number of alkyl halides is 3. The predicted octanol–water partition coefficient (Wildman–Crippen LogP) is 3.91. The molecule has 1 aliphatic rings. The van der Waals surface area contributed by atoms with E-state index in [9.17, 15) is 17.6 Å². The molecule has 1 aliphatic heterocycles. The summed E-state index contributed by atoms with van der Waals surface area (Å²) in [7, 11) is 0. The summed E-state index contributed by atoms with van der Waals surface area (Å²) in [5.74, 6) is -1.39. The number of anilines is 1. The Labute approximate surface area is 149 Å². The van der Waals surface area contributed by atoms with Crippen molar-refractivity contribution in [2.45, 2.75) is 19.1 Å². The van der Waals surface area contributed by atoms with Crippen LogP contribution in [-0.2, 0) is 6.18 Å². The van der Waals surface area contributed by atoms with Crippen LogP contribution >= 0.6 is 11.3 Å². The number of halogens is 4. The smallest absolute Gasteiger partial charge is 0.420 e. The number of fused-ring (bicyclic) bond motifs is 1. The number of hydrogen-bond acceptors (Lipinski definition) is 6. The minimum Gasteiger partial charge on any atom is -0.423 e. The molecule has 1 aromatic carbocycles. The average molecular weight is 386 g/mol. The molecule has 0 spiro atoms. The fourth-order valence-electron chi connectivity index (χ4n) is 3.10. The molecule has 2 aromatic heterocycles. The van der Waals surface area contributed by atoms with Crippen molar-refractivity contribution in [3.8, 4) is 10.6 Å². The number of thiazole rings is 1. The topological polar surface area (TPSA) is 54.2 Å². The van der Waals surface area contributed by atoms with Crippen LogP contribution in [-0.4, -0.2) is 35.6 Å². The molecular formula is C16H14F4N4OS. The first-order valence-corrected chi connectivity index (χ1v) is 8.81. The molecule has 1 atom stereocenters. The zero-order valence-electron chi connectivity index (χ0n) is 13.6. The van der Waals surface area contributed by atoms with Crippen molar-refractivity contribution < 1.29 is 22.0 Å². The Bertz CT molecular complexity index is 938. The predicted molar refractivity (Wildman–Crippen MR) is 89.8 cm³/mol. The molecule has 10 heteroatoms. The minimum atomic E-state index is -4.88. The molecule has 3 aromatic rings. The van der Waals surface area contributed by atoms with E-state index in [2.05, 4.69) is 15.3 Å². The Morgan fingerprint density at radius 3 is 2.85 bits per heavy atom. The van der Waals surface area contributed by atoms with Crippen LogP contribution in [0.4, 0.5) is 23.6 Å². The highest BCUT2D eigenvalue weighted by atomic mass is 32.1. The van der Waals surface area contributed by atoms with E-state index in [0.29, 0.717) is 19.6 Å². The van der Waals surface area contributed by atoms with Gasteiger partial charge in [0.15, 0.2) is 5.58 Å². The molecule has 0 amide bonds. The summed E-state index contributed by atoms with van der Waals surface area (Å²) >= 11 is 0.986. The van der Waals surface area contributed by atoms with E-state index in [1.807, 2.05) is 11.8 Å². The summed E-state index contributed by atoms with van der Waals surface area (Å²) in [4.78, 5) is 10.0. The summed E-state index contributed by atoms with van der Waals surface area (Å²) in [6, 6.07) is 1.01. The maximum absolute atomic E-state index is 14.3. The molecule has 1 N–H and O–H groups in total. The van der Waals surface area contributed by atoms with Crippen LogP contribution in [0.2, 0.25) is 0 Å². The van der Waals surface area contributed by atoms with Crippen LogP contribution in [0, 0.1) is 5.82 Å². The Hall–Kier alpha value is -2.20. The van der Waals surface area contributed by atoms with Gasteiger partial charge in [-0.15, -0.1) is 11.3 Å². The number of aromatic nitrogens is 2. The number of nitrogens with zero attached hydrogens (tertiary/aromatic N) is 3. The summed E-state index contributed by atoms with van der Waals surface area (Å²) in [5.41, 5.74) is -1.84. The van der Waals surface area contributed by atoms with E-state index in [4.69, 9.17) is 4.42 Å². The van der Waals surface area contributed by atoms with Crippen LogP contribution in [0.25, 0.3) is 21.7 Å². The lowest BCUT2D eigenvalue weighted by Gasteiger charge is -2.32. The minimum absolute atomic E-state index is 0.0397. The van der Waals surface area contributed by atoms with Crippen LogP contribution in [0.1, 0.15) is 12.5 Å². The molecule has 0 saturated carbocycles. The molecule has 138 valence electrons. The maximum Gasteiger partial charge on any atom is 0.420 e. The summed E-state index contributed by atoms with van der Waals surface area (Å²) in [6.07, 6.45) is -3.51. The average Bonchev–Trinajstić information content (AvgIpc) is 3.22. The van der Waals surface area contributed by atoms with E-state index in [0.717, 1.165) is 17.4 Å². The molecule has 0 unspecified atom stereocenters. The Kier molecular flexibility index (Phi) is 4.11. The Morgan fingerprint density at radius 1 is 1.38 bits per heavy atom. The Morgan fingerprint density at radius 2 is 2.19 bits per heavy atom. The van der Waals surface area contributed by atoms with Crippen molar-refractivity contribution in [1.82, 2.24) is 15.3 Å². The number of rotatable bonds is 2. The number of oxazole rings is 1. The fourth-order valence-corrected chi connectivity index (χ4v) is 3.78. The molecule has 0 radical (unpaired) electrons. The van der Waals surface area contributed by atoms with Crippen molar-refractivity contribution in [1.29, 1.82) is 0 Å². The SMILES string of the molecule is C[C@H]1CNCCN1c1nc2cc(F)c(C(F)(F)F)c(-c3nccs3)c2o1. The first kappa shape index (κ1) is 17.2. The molecule has 5 nitrogen and oxygen atoms in total. The second-order valence-corrected chi connectivity index (χ2v) is 6.93. The quantitative estimate of drug-likeness (QED) is 0.677. The van der Waals surface area contributed by atoms with Crippen LogP contribution in [0.15, 0.2) is 22.1 Å². The molecule has 26 heavy (non-hydrogen) atoms. The van der Waals surface area contributed by atoms with Gasteiger partial charge in [0.05, 0.1) is 5.56 Å². The van der Waals surface area contributed by atoms with E-state index in [-0.39, 0.29) is 28.2 Å². The van der Waals surface area contributed by atoms with E-state index >= 15 is 0 Å². The lowest BCUT2D eigenvalue weighted by atomic mass is 10.1. The second kappa shape index (κ2) is 6.20. The third-order valence-corrected chi connectivity index (χ3v) is 5.09. The monoisotopic (exact) mass is 386 g/mol. The molecule has 0 aliphatic carbocycles. The highest BCUT2D eigenvalue weighted by molar-refractivity contribution is 7.13. The number of benzene rings is 1. The van der Waals surface area contributed by atoms with E-state index < -0.39 is 23.1 Å². The third-order valence-electron chi connectivity index (χ3n) is 4.30. The standard InChI is InChI=1S/C16H14F4N4OS/c1-8-7-21-2-4-24(8)15-23-10-6-9(17)12(16(18,19)20)11(13(10)25-15)14-22-3-5-26-14/h3,5-6,8,21H,2,4,7H2,1H3/t8-/m0/s1. The number of nitrogens with one attached hydrogen (secondary N) is 1. The highest BCUT2D eigenvalue weighted by Gasteiger charge is 2.40. The molecule has 3 heterocycles. The highest BCUT2D eigenvalue weighted by Crippen LogP contribution is 2.44. The first-order chi connectivity index (χ1) is 12.4. The Balaban J connectivity index is 1.96. The van der Waals surface area contributed by atoms with Crippen LogP contribution in [0.5, 0.6) is 0 Å². The van der Waals surface area contributed by atoms with Crippen molar-refractivity contribution in [2.24, 2.45) is 0 Å². The molecule has 1 fully saturated rings. The van der Waals surface area contributed by atoms with Gasteiger partial charge in [-0.1, -0.05) is 0 Å². The fraction of sp³-hybridized carbons (Fsp3) is 0.375. The lowest BCUT2D eigenvalue weighted by Crippen LogP contribution is -2.50. The number of piperazine rings is 1. The van der Waals surface area contributed by atoms with Gasteiger partial charge in [-0.2, -0.15) is 18.2 Å². The van der Waals surface area contributed by atoms with Gasteiger partial charge in [0, 0.05) is 43.3 Å². The summed E-state index contributed by atoms with van der Waals surface area (Å²) in [6.45, 7) is 3.93. The van der Waals surface area contributed by atoms with Crippen LogP contribution in [0.3, 0.4) is 0 Å².